The van der Waals surface area contributed by atoms with Gasteiger partial charge in [-0.25, -0.2) is 5.43 Å². The molecule has 0 fully saturated rings. The molecular weight excluding hydrogens is 360 g/mol. The number of hydrogen-bond donors (Lipinski definition) is 1. The number of rotatable bonds is 5. The zero-order chi connectivity index (χ0) is 20.2. The van der Waals surface area contributed by atoms with Crippen LogP contribution in [0.3, 0.4) is 0 Å². The van der Waals surface area contributed by atoms with E-state index in [1.165, 1.54) is 0 Å². The molecule has 0 saturated carbocycles. The van der Waals surface area contributed by atoms with Crippen LogP contribution < -0.4 is 5.43 Å². The highest BCUT2D eigenvalue weighted by Gasteiger charge is 2.07. The Morgan fingerprint density at radius 1 is 1.03 bits per heavy atom. The molecule has 0 spiro atoms. The van der Waals surface area contributed by atoms with E-state index in [4.69, 9.17) is 0 Å². The number of hydrogen-bond acceptors (Lipinski definition) is 3. The van der Waals surface area contributed by atoms with Crippen LogP contribution in [0.4, 0.5) is 0 Å². The lowest BCUT2D eigenvalue weighted by molar-refractivity contribution is 0.0955. The summed E-state index contributed by atoms with van der Waals surface area (Å²) in [6, 6.07) is 23.7. The number of fused-ring (bicyclic) bond motifs is 1. The maximum absolute atomic E-state index is 12.5. The van der Waals surface area contributed by atoms with E-state index in [9.17, 15) is 4.79 Å². The molecule has 0 aliphatic carbocycles. The topological polar surface area (TPSA) is 59.3 Å². The van der Waals surface area contributed by atoms with Crippen molar-refractivity contribution in [2.75, 3.05) is 0 Å². The fourth-order valence-corrected chi connectivity index (χ4v) is 3.41. The molecule has 0 aliphatic heterocycles. The smallest absolute Gasteiger partial charge is 0.267 e. The number of benzene rings is 3. The fraction of sp³-hybridized carbons (Fsp3) is 0.125. The lowest BCUT2D eigenvalue weighted by Crippen LogP contribution is -2.18. The van der Waals surface area contributed by atoms with Gasteiger partial charge in [0.25, 0.3) is 5.91 Å². The molecule has 5 heteroatoms. The molecule has 0 unspecified atom stereocenters. The zero-order valence-electron chi connectivity index (χ0n) is 16.5. The summed E-state index contributed by atoms with van der Waals surface area (Å²) in [6.45, 7) is 4.62. The second kappa shape index (κ2) is 8.10. The standard InChI is InChI=1S/C24H22N4O/c1-17-13-18(2)28(27-17)16-19-7-5-10-21(14-19)24(29)26-25-15-22-11-6-9-20-8-3-4-12-23(20)22/h3-15H,16H2,1-2H3,(H,26,29)/b25-15-. The van der Waals surface area contributed by atoms with Gasteiger partial charge in [0.15, 0.2) is 0 Å². The molecule has 1 heterocycles. The van der Waals surface area contributed by atoms with Gasteiger partial charge in [0.2, 0.25) is 0 Å². The molecule has 144 valence electrons. The quantitative estimate of drug-likeness (QED) is 0.409. The van der Waals surface area contributed by atoms with Crippen LogP contribution in [0.2, 0.25) is 0 Å². The Bertz CT molecular complexity index is 1200. The average Bonchev–Trinajstić information content (AvgIpc) is 3.05. The van der Waals surface area contributed by atoms with Gasteiger partial charge in [0, 0.05) is 16.8 Å². The number of aryl methyl sites for hydroxylation is 2. The van der Waals surface area contributed by atoms with Crippen LogP contribution in [0.25, 0.3) is 10.8 Å². The Morgan fingerprint density at radius 2 is 1.83 bits per heavy atom. The molecule has 0 atom stereocenters. The van der Waals surface area contributed by atoms with Gasteiger partial charge < -0.3 is 0 Å². The number of nitrogens with zero attached hydrogens (tertiary/aromatic N) is 3. The molecule has 5 nitrogen and oxygen atoms in total. The second-order valence-corrected chi connectivity index (χ2v) is 7.05. The monoisotopic (exact) mass is 382 g/mol. The summed E-state index contributed by atoms with van der Waals surface area (Å²) in [5.41, 5.74) is 7.25. The molecule has 4 rings (SSSR count). The molecule has 0 aliphatic rings. The molecule has 29 heavy (non-hydrogen) atoms. The Kier molecular flexibility index (Phi) is 5.20. The second-order valence-electron chi connectivity index (χ2n) is 7.05. The maximum atomic E-state index is 12.5. The van der Waals surface area contributed by atoms with Crippen molar-refractivity contribution < 1.29 is 4.79 Å². The molecule has 0 bridgehead atoms. The minimum Gasteiger partial charge on any atom is -0.267 e. The van der Waals surface area contributed by atoms with Crippen molar-refractivity contribution in [3.63, 3.8) is 0 Å². The van der Waals surface area contributed by atoms with Crippen molar-refractivity contribution in [3.05, 3.63) is 101 Å². The molecule has 3 aromatic carbocycles. The van der Waals surface area contributed by atoms with E-state index in [1.807, 2.05) is 73.1 Å². The van der Waals surface area contributed by atoms with Crippen LogP contribution in [-0.4, -0.2) is 21.9 Å². The van der Waals surface area contributed by atoms with E-state index < -0.39 is 0 Å². The Hall–Kier alpha value is -3.73. The van der Waals surface area contributed by atoms with Gasteiger partial charge in [0.1, 0.15) is 0 Å². The molecule has 1 aromatic heterocycles. The van der Waals surface area contributed by atoms with E-state index in [0.717, 1.165) is 33.3 Å². The minimum atomic E-state index is -0.239. The molecule has 1 N–H and O–H groups in total. The van der Waals surface area contributed by atoms with Gasteiger partial charge in [-0.05, 0) is 48.4 Å². The average molecular weight is 382 g/mol. The first kappa shape index (κ1) is 18.6. The first-order valence-corrected chi connectivity index (χ1v) is 9.51. The van der Waals surface area contributed by atoms with Crippen molar-refractivity contribution in [1.82, 2.24) is 15.2 Å². The number of carbonyl (C=O) groups excluding carboxylic acids is 1. The number of aromatic nitrogens is 2. The van der Waals surface area contributed by atoms with E-state index in [0.29, 0.717) is 12.1 Å². The highest BCUT2D eigenvalue weighted by atomic mass is 16.2. The normalized spacial score (nSPS) is 11.2. The summed E-state index contributed by atoms with van der Waals surface area (Å²) in [5, 5.41) is 10.9. The van der Waals surface area contributed by atoms with Crippen molar-refractivity contribution in [2.24, 2.45) is 5.10 Å². The highest BCUT2D eigenvalue weighted by molar-refractivity contribution is 6.00. The van der Waals surface area contributed by atoms with Gasteiger partial charge in [-0.3, -0.25) is 9.48 Å². The van der Waals surface area contributed by atoms with E-state index in [2.05, 4.69) is 27.8 Å². The molecular formula is C24H22N4O. The first-order valence-electron chi connectivity index (χ1n) is 9.51. The fourth-order valence-electron chi connectivity index (χ4n) is 3.41. The SMILES string of the molecule is Cc1cc(C)n(Cc2cccc(C(=O)N/N=C\c3cccc4ccccc34)c2)n1. The summed E-state index contributed by atoms with van der Waals surface area (Å²) in [6.07, 6.45) is 1.68. The van der Waals surface area contributed by atoms with Crippen molar-refractivity contribution in [1.29, 1.82) is 0 Å². The zero-order valence-corrected chi connectivity index (χ0v) is 16.5. The van der Waals surface area contributed by atoms with Crippen molar-refractivity contribution in [2.45, 2.75) is 20.4 Å². The number of hydrazone groups is 1. The molecule has 4 aromatic rings. The summed E-state index contributed by atoms with van der Waals surface area (Å²) in [5.74, 6) is -0.239. The van der Waals surface area contributed by atoms with Crippen molar-refractivity contribution in [3.8, 4) is 0 Å². The lowest BCUT2D eigenvalue weighted by Gasteiger charge is -2.07. The number of amides is 1. The van der Waals surface area contributed by atoms with Crippen LogP contribution in [0.5, 0.6) is 0 Å². The Balaban J connectivity index is 1.47. The Morgan fingerprint density at radius 3 is 2.66 bits per heavy atom. The summed E-state index contributed by atoms with van der Waals surface area (Å²) < 4.78 is 1.94. The minimum absolute atomic E-state index is 0.239. The molecule has 0 saturated heterocycles. The lowest BCUT2D eigenvalue weighted by atomic mass is 10.1. The van der Waals surface area contributed by atoms with Crippen LogP contribution in [0.15, 0.2) is 77.9 Å². The van der Waals surface area contributed by atoms with Gasteiger partial charge in [0.05, 0.1) is 18.5 Å². The summed E-state index contributed by atoms with van der Waals surface area (Å²) in [4.78, 5) is 12.5. The predicted octanol–water partition coefficient (Wildman–Crippen LogP) is 4.47. The highest BCUT2D eigenvalue weighted by Crippen LogP contribution is 2.16. The predicted molar refractivity (Wildman–Crippen MR) is 116 cm³/mol. The third-order valence-electron chi connectivity index (χ3n) is 4.82. The summed E-state index contributed by atoms with van der Waals surface area (Å²) >= 11 is 0. The number of carbonyl (C=O) groups is 1. The van der Waals surface area contributed by atoms with Crippen LogP contribution in [-0.2, 0) is 6.54 Å². The van der Waals surface area contributed by atoms with Crippen LogP contribution in [0, 0.1) is 13.8 Å². The maximum Gasteiger partial charge on any atom is 0.271 e. The Labute approximate surface area is 169 Å². The third kappa shape index (κ3) is 4.24. The number of nitrogens with one attached hydrogen (secondary N) is 1. The largest absolute Gasteiger partial charge is 0.271 e. The van der Waals surface area contributed by atoms with Crippen LogP contribution >= 0.6 is 0 Å². The molecule has 0 radical (unpaired) electrons. The van der Waals surface area contributed by atoms with Gasteiger partial charge >= 0.3 is 0 Å². The third-order valence-corrected chi connectivity index (χ3v) is 4.82. The van der Waals surface area contributed by atoms with Gasteiger partial charge in [-0.2, -0.15) is 10.2 Å². The molecule has 1 amide bonds. The van der Waals surface area contributed by atoms with E-state index in [1.54, 1.807) is 12.3 Å². The first-order chi connectivity index (χ1) is 14.1. The van der Waals surface area contributed by atoms with E-state index in [-0.39, 0.29) is 5.91 Å². The van der Waals surface area contributed by atoms with Crippen LogP contribution in [0.1, 0.15) is 32.9 Å². The van der Waals surface area contributed by atoms with E-state index >= 15 is 0 Å². The van der Waals surface area contributed by atoms with Crippen molar-refractivity contribution >= 4 is 22.9 Å². The van der Waals surface area contributed by atoms with Gasteiger partial charge in [-0.15, -0.1) is 0 Å². The summed E-state index contributed by atoms with van der Waals surface area (Å²) in [7, 11) is 0. The van der Waals surface area contributed by atoms with Gasteiger partial charge in [-0.1, -0.05) is 54.6 Å².